The van der Waals surface area contributed by atoms with Crippen molar-refractivity contribution in [2.45, 2.75) is 75.9 Å². The quantitative estimate of drug-likeness (QED) is 0.650. The van der Waals surface area contributed by atoms with Crippen LogP contribution in [0.2, 0.25) is 0 Å². The molecule has 0 spiro atoms. The summed E-state index contributed by atoms with van der Waals surface area (Å²) in [7, 11) is -3.97. The van der Waals surface area contributed by atoms with Crippen molar-refractivity contribution in [2.75, 3.05) is 0 Å². The van der Waals surface area contributed by atoms with Gasteiger partial charge in [-0.2, -0.15) is 0 Å². The number of hydrogen-bond acceptors (Lipinski definition) is 3. The molecule has 0 N–H and O–H groups in total. The summed E-state index contributed by atoms with van der Waals surface area (Å²) in [4.78, 5) is 0. The Morgan fingerprint density at radius 2 is 1.29 bits per heavy atom. The summed E-state index contributed by atoms with van der Waals surface area (Å²) in [5.41, 5.74) is 0. The molecule has 2 saturated carbocycles. The van der Waals surface area contributed by atoms with Crippen LogP contribution in [0.1, 0.15) is 51.4 Å². The van der Waals surface area contributed by atoms with E-state index in [1.807, 2.05) is 0 Å². The molecule has 0 bridgehead atoms. The van der Waals surface area contributed by atoms with E-state index in [1.54, 1.807) is 0 Å². The molecule has 0 heterocycles. The van der Waals surface area contributed by atoms with Gasteiger partial charge in [0.2, 0.25) is 0 Å². The molecular formula is C14H22F3O3P. The van der Waals surface area contributed by atoms with Crippen molar-refractivity contribution in [3.8, 4) is 0 Å². The van der Waals surface area contributed by atoms with E-state index < -0.39 is 32.1 Å². The Hall–Kier alpha value is -0.320. The Morgan fingerprint density at radius 3 is 1.67 bits per heavy atom. The van der Waals surface area contributed by atoms with Crippen LogP contribution in [0.15, 0.2) is 12.1 Å². The second kappa shape index (κ2) is 7.80. The van der Waals surface area contributed by atoms with E-state index in [9.17, 15) is 17.7 Å². The maximum Gasteiger partial charge on any atom is 0.357 e. The first kappa shape index (κ1) is 17.0. The van der Waals surface area contributed by atoms with Gasteiger partial charge in [0.15, 0.2) is 0 Å². The fourth-order valence-corrected chi connectivity index (χ4v) is 4.44. The average molecular weight is 326 g/mol. The molecule has 0 radical (unpaired) electrons. The smallest absolute Gasteiger partial charge is 0.299 e. The SMILES string of the molecule is O=P(C=CF)(OC1CCCCC1F)OC1CCCCC1F. The van der Waals surface area contributed by atoms with Crippen LogP contribution >= 0.6 is 7.60 Å². The molecule has 2 aliphatic rings. The Kier molecular flexibility index (Phi) is 6.33. The van der Waals surface area contributed by atoms with Crippen molar-refractivity contribution in [3.05, 3.63) is 12.1 Å². The molecule has 3 nitrogen and oxygen atoms in total. The first-order chi connectivity index (χ1) is 10.0. The van der Waals surface area contributed by atoms with Gasteiger partial charge in [-0.15, -0.1) is 0 Å². The van der Waals surface area contributed by atoms with Crippen LogP contribution in [0.25, 0.3) is 0 Å². The predicted molar refractivity (Wildman–Crippen MR) is 74.3 cm³/mol. The molecule has 0 aromatic heterocycles. The molecule has 7 heteroatoms. The third-order valence-electron chi connectivity index (χ3n) is 4.05. The van der Waals surface area contributed by atoms with Gasteiger partial charge in [-0.3, -0.25) is 13.6 Å². The molecule has 0 aliphatic heterocycles. The molecule has 2 fully saturated rings. The minimum Gasteiger partial charge on any atom is -0.299 e. The number of rotatable bonds is 5. The third-order valence-corrected chi connectivity index (χ3v) is 5.65. The van der Waals surface area contributed by atoms with Crippen LogP contribution in [0, 0.1) is 0 Å². The monoisotopic (exact) mass is 326 g/mol. The number of halogens is 3. The van der Waals surface area contributed by atoms with Crippen molar-refractivity contribution in [1.82, 2.24) is 0 Å². The Balaban J connectivity index is 2.02. The minimum atomic E-state index is -3.97. The van der Waals surface area contributed by atoms with E-state index >= 15 is 0 Å². The summed E-state index contributed by atoms with van der Waals surface area (Å²) in [6, 6.07) is 0. The second-order valence-electron chi connectivity index (χ2n) is 5.70. The van der Waals surface area contributed by atoms with Crippen molar-refractivity contribution < 1.29 is 26.8 Å². The molecular weight excluding hydrogens is 304 g/mol. The van der Waals surface area contributed by atoms with Crippen LogP contribution in [-0.2, 0) is 13.6 Å². The van der Waals surface area contributed by atoms with Gasteiger partial charge in [-0.1, -0.05) is 25.7 Å². The highest BCUT2D eigenvalue weighted by atomic mass is 31.2. The molecule has 122 valence electrons. The molecule has 0 aromatic rings. The number of alkyl halides is 2. The summed E-state index contributed by atoms with van der Waals surface area (Å²) < 4.78 is 63.1. The van der Waals surface area contributed by atoms with E-state index in [1.165, 1.54) is 0 Å². The van der Waals surface area contributed by atoms with E-state index in [4.69, 9.17) is 9.05 Å². The van der Waals surface area contributed by atoms with Crippen molar-refractivity contribution in [3.63, 3.8) is 0 Å². The van der Waals surface area contributed by atoms with Gasteiger partial charge in [0.25, 0.3) is 0 Å². The molecule has 2 aliphatic carbocycles. The normalized spacial score (nSPS) is 37.5. The molecule has 21 heavy (non-hydrogen) atoms. The highest BCUT2D eigenvalue weighted by Crippen LogP contribution is 2.55. The summed E-state index contributed by atoms with van der Waals surface area (Å²) in [6.07, 6.45) is 0.360. The highest BCUT2D eigenvalue weighted by Gasteiger charge is 2.37. The van der Waals surface area contributed by atoms with Gasteiger partial charge in [0.05, 0.1) is 24.4 Å². The van der Waals surface area contributed by atoms with Gasteiger partial charge < -0.3 is 0 Å². The molecule has 4 unspecified atom stereocenters. The van der Waals surface area contributed by atoms with Crippen LogP contribution in [-0.4, -0.2) is 24.6 Å². The first-order valence-electron chi connectivity index (χ1n) is 7.56. The fourth-order valence-electron chi connectivity index (χ4n) is 2.88. The summed E-state index contributed by atoms with van der Waals surface area (Å²) >= 11 is 0. The summed E-state index contributed by atoms with van der Waals surface area (Å²) in [6.45, 7) is 0. The summed E-state index contributed by atoms with van der Waals surface area (Å²) in [5, 5.41) is 0. The lowest BCUT2D eigenvalue weighted by molar-refractivity contribution is 0.0151. The van der Waals surface area contributed by atoms with Gasteiger partial charge in [0.1, 0.15) is 12.3 Å². The maximum atomic E-state index is 13.8. The minimum absolute atomic E-state index is 0.0624. The van der Waals surface area contributed by atoms with Crippen LogP contribution < -0.4 is 0 Å². The van der Waals surface area contributed by atoms with Gasteiger partial charge in [0, 0.05) is 0 Å². The molecule has 2 rings (SSSR count). The van der Waals surface area contributed by atoms with Crippen molar-refractivity contribution in [2.24, 2.45) is 0 Å². The zero-order valence-electron chi connectivity index (χ0n) is 11.9. The van der Waals surface area contributed by atoms with E-state index in [2.05, 4.69) is 0 Å². The molecule has 0 amide bonds. The lowest BCUT2D eigenvalue weighted by atomic mass is 9.96. The topological polar surface area (TPSA) is 35.5 Å². The maximum absolute atomic E-state index is 13.8. The lowest BCUT2D eigenvalue weighted by Gasteiger charge is -2.32. The Labute approximate surface area is 123 Å². The second-order valence-corrected chi connectivity index (χ2v) is 7.50. The largest absolute Gasteiger partial charge is 0.357 e. The highest BCUT2D eigenvalue weighted by molar-refractivity contribution is 7.57. The van der Waals surface area contributed by atoms with E-state index in [0.29, 0.717) is 31.5 Å². The van der Waals surface area contributed by atoms with Gasteiger partial charge in [-0.25, -0.2) is 13.2 Å². The summed E-state index contributed by atoms with van der Waals surface area (Å²) in [5.74, 6) is 0.662. The third kappa shape index (κ3) is 4.83. The van der Waals surface area contributed by atoms with Gasteiger partial charge in [-0.05, 0) is 25.7 Å². The zero-order chi connectivity index (χ0) is 15.3. The van der Waals surface area contributed by atoms with E-state index in [-0.39, 0.29) is 6.33 Å². The zero-order valence-corrected chi connectivity index (χ0v) is 12.8. The molecule has 0 aromatic carbocycles. The Bertz CT molecular complexity index is 377. The molecule has 4 atom stereocenters. The average Bonchev–Trinajstić information content (AvgIpc) is 2.44. The van der Waals surface area contributed by atoms with Crippen molar-refractivity contribution in [1.29, 1.82) is 0 Å². The van der Waals surface area contributed by atoms with Crippen LogP contribution in [0.4, 0.5) is 13.2 Å². The lowest BCUT2D eigenvalue weighted by Crippen LogP contribution is -2.31. The van der Waals surface area contributed by atoms with Crippen LogP contribution in [0.5, 0.6) is 0 Å². The van der Waals surface area contributed by atoms with Crippen molar-refractivity contribution >= 4 is 7.60 Å². The van der Waals surface area contributed by atoms with E-state index in [0.717, 1.165) is 25.7 Å². The predicted octanol–water partition coefficient (Wildman–Crippen LogP) is 5.21. The Morgan fingerprint density at radius 1 is 0.857 bits per heavy atom. The standard InChI is InChI=1S/C14H22F3O3P/c15-9-10-21(18,19-13-7-3-1-5-11(13)16)20-14-8-4-2-6-12(14)17/h9-14H,1-8H2. The molecule has 0 saturated heterocycles. The van der Waals surface area contributed by atoms with Crippen LogP contribution in [0.3, 0.4) is 0 Å². The first-order valence-corrected chi connectivity index (χ1v) is 9.18. The number of hydrogen-bond donors (Lipinski definition) is 0. The van der Waals surface area contributed by atoms with Gasteiger partial charge >= 0.3 is 7.60 Å². The fraction of sp³-hybridized carbons (Fsp3) is 0.857.